The first-order valence-electron chi connectivity index (χ1n) is 17.0. The fourth-order valence-electron chi connectivity index (χ4n) is 6.64. The van der Waals surface area contributed by atoms with Crippen molar-refractivity contribution in [2.24, 2.45) is 0 Å². The van der Waals surface area contributed by atoms with Gasteiger partial charge in [0.25, 0.3) is 0 Å². The van der Waals surface area contributed by atoms with Crippen molar-refractivity contribution in [3.05, 3.63) is 64.5 Å². The maximum Gasteiger partial charge on any atom is 0.229 e. The lowest BCUT2D eigenvalue weighted by Gasteiger charge is -2.43. The van der Waals surface area contributed by atoms with E-state index in [9.17, 15) is 4.57 Å². The third kappa shape index (κ3) is 8.26. The average Bonchev–Trinajstić information content (AvgIpc) is 3.10. The first-order chi connectivity index (χ1) is 23.5. The van der Waals surface area contributed by atoms with Gasteiger partial charge < -0.3 is 29.7 Å². The van der Waals surface area contributed by atoms with Crippen LogP contribution in [0.15, 0.2) is 53.4 Å². The molecule has 2 N–H and O–H groups in total. The first kappa shape index (κ1) is 35.3. The summed E-state index contributed by atoms with van der Waals surface area (Å²) in [5.41, 5.74) is 5.76. The molecule has 0 spiro atoms. The number of nitrogens with one attached hydrogen (secondary N) is 2. The molecule has 2 aromatic carbocycles. The molecule has 0 saturated carbocycles. The van der Waals surface area contributed by atoms with Crippen molar-refractivity contribution >= 4 is 57.2 Å². The number of piperidine rings is 1. The highest BCUT2D eigenvalue weighted by molar-refractivity contribution is 9.10. The van der Waals surface area contributed by atoms with Crippen LogP contribution in [0.3, 0.4) is 0 Å². The molecule has 6 rings (SSSR count). The number of aryl methyl sites for hydroxylation is 2. The summed E-state index contributed by atoms with van der Waals surface area (Å²) < 4.78 is 20.1. The summed E-state index contributed by atoms with van der Waals surface area (Å²) in [6, 6.07) is 10.7. The van der Waals surface area contributed by atoms with Crippen molar-refractivity contribution in [1.82, 2.24) is 29.7 Å². The molecule has 0 aliphatic carbocycles. The Kier molecular flexibility index (Phi) is 10.9. The fourth-order valence-corrected chi connectivity index (χ4v) is 8.09. The highest BCUT2D eigenvalue weighted by atomic mass is 79.9. The molecule has 2 aliphatic heterocycles. The van der Waals surface area contributed by atoms with Crippen molar-refractivity contribution in [2.45, 2.75) is 39.2 Å². The Labute approximate surface area is 298 Å². The van der Waals surface area contributed by atoms with Crippen LogP contribution in [0, 0.1) is 6.92 Å². The molecule has 49 heavy (non-hydrogen) atoms. The lowest BCUT2D eigenvalue weighted by Crippen LogP contribution is -2.52. The van der Waals surface area contributed by atoms with Gasteiger partial charge in [-0.25, -0.2) is 15.0 Å². The van der Waals surface area contributed by atoms with Gasteiger partial charge in [-0.05, 0) is 97.9 Å². The number of hydrogen-bond donors (Lipinski definition) is 2. The van der Waals surface area contributed by atoms with E-state index in [1.54, 1.807) is 39.0 Å². The summed E-state index contributed by atoms with van der Waals surface area (Å²) in [5.74, 6) is 2.28. The van der Waals surface area contributed by atoms with Crippen LogP contribution in [0.4, 0.5) is 28.8 Å². The predicted molar refractivity (Wildman–Crippen MR) is 204 cm³/mol. The van der Waals surface area contributed by atoms with E-state index in [2.05, 4.69) is 82.3 Å². The molecule has 0 atom stereocenters. The quantitative estimate of drug-likeness (QED) is 0.173. The Morgan fingerprint density at radius 3 is 2.31 bits per heavy atom. The molecule has 2 aliphatic rings. The van der Waals surface area contributed by atoms with Gasteiger partial charge in [0.2, 0.25) is 5.95 Å². The molecular weight excluding hydrogens is 701 g/mol. The zero-order chi connectivity index (χ0) is 34.7. The number of ether oxygens (including phenoxy) is 1. The molecule has 2 saturated heterocycles. The number of rotatable bonds is 10. The van der Waals surface area contributed by atoms with Crippen molar-refractivity contribution < 1.29 is 9.30 Å². The smallest absolute Gasteiger partial charge is 0.229 e. The van der Waals surface area contributed by atoms with E-state index in [-0.39, 0.29) is 0 Å². The number of aromatic nitrogens is 4. The SMILES string of the molecule is CCc1cc(Nc2ncc(Br)c(Nc3ccc(-c4ncc(C)cn4)cc3P(C)(C)=O)n2)c(OC)cc1N1CCC(N2CCN(C)CC2)CC1. The molecular formula is C36H47BrN9O2P. The van der Waals surface area contributed by atoms with Gasteiger partial charge in [-0.3, -0.25) is 4.90 Å². The molecule has 260 valence electrons. The summed E-state index contributed by atoms with van der Waals surface area (Å²) in [5, 5.41) is 7.49. The minimum Gasteiger partial charge on any atom is -0.494 e. The first-order valence-corrected chi connectivity index (χ1v) is 20.4. The van der Waals surface area contributed by atoms with Crippen molar-refractivity contribution in [1.29, 1.82) is 0 Å². The van der Waals surface area contributed by atoms with E-state index in [1.165, 1.54) is 37.2 Å². The monoisotopic (exact) mass is 747 g/mol. The molecule has 0 bridgehead atoms. The van der Waals surface area contributed by atoms with Crippen LogP contribution in [0.1, 0.15) is 30.9 Å². The van der Waals surface area contributed by atoms with Crippen LogP contribution in [-0.2, 0) is 11.0 Å². The molecule has 4 aromatic rings. The van der Waals surface area contributed by atoms with E-state index in [0.717, 1.165) is 55.2 Å². The second-order valence-electron chi connectivity index (χ2n) is 13.4. The van der Waals surface area contributed by atoms with Crippen LogP contribution in [0.25, 0.3) is 11.4 Å². The lowest BCUT2D eigenvalue weighted by atomic mass is 9.99. The van der Waals surface area contributed by atoms with Gasteiger partial charge in [-0.15, -0.1) is 0 Å². The number of methoxy groups -OCH3 is 1. The zero-order valence-electron chi connectivity index (χ0n) is 29.3. The normalized spacial score (nSPS) is 16.5. The Morgan fingerprint density at radius 2 is 1.65 bits per heavy atom. The lowest BCUT2D eigenvalue weighted by molar-refractivity contribution is 0.0982. The average molecular weight is 749 g/mol. The molecule has 4 heterocycles. The molecule has 13 heteroatoms. The highest BCUT2D eigenvalue weighted by Crippen LogP contribution is 2.41. The largest absolute Gasteiger partial charge is 0.494 e. The van der Waals surface area contributed by atoms with Gasteiger partial charge in [0.15, 0.2) is 5.82 Å². The van der Waals surface area contributed by atoms with Crippen molar-refractivity contribution in [3.8, 4) is 17.1 Å². The van der Waals surface area contributed by atoms with Gasteiger partial charge in [-0.2, -0.15) is 4.98 Å². The van der Waals surface area contributed by atoms with Crippen LogP contribution in [0.2, 0.25) is 0 Å². The van der Waals surface area contributed by atoms with Crippen LogP contribution < -0.4 is 25.6 Å². The Hall–Kier alpha value is -3.57. The summed E-state index contributed by atoms with van der Waals surface area (Å²) in [4.78, 5) is 25.9. The van der Waals surface area contributed by atoms with Crippen molar-refractivity contribution in [2.75, 3.05) is 82.3 Å². The molecule has 11 nitrogen and oxygen atoms in total. The maximum atomic E-state index is 13.5. The van der Waals surface area contributed by atoms with E-state index in [4.69, 9.17) is 9.72 Å². The topological polar surface area (TPSA) is 112 Å². The summed E-state index contributed by atoms with van der Waals surface area (Å²) in [6.07, 6.45) is 8.50. The molecule has 0 unspecified atom stereocenters. The number of anilines is 5. The minimum absolute atomic E-state index is 0.411. The van der Waals surface area contributed by atoms with Gasteiger partial charge in [0, 0.05) is 86.5 Å². The Morgan fingerprint density at radius 1 is 0.939 bits per heavy atom. The highest BCUT2D eigenvalue weighted by Gasteiger charge is 2.28. The van der Waals surface area contributed by atoms with Crippen molar-refractivity contribution in [3.63, 3.8) is 0 Å². The van der Waals surface area contributed by atoms with E-state index in [0.29, 0.717) is 39.1 Å². The minimum atomic E-state index is -2.70. The van der Waals surface area contributed by atoms with E-state index in [1.807, 2.05) is 25.1 Å². The van der Waals surface area contributed by atoms with Crippen LogP contribution in [-0.4, -0.2) is 103 Å². The third-order valence-corrected chi connectivity index (χ3v) is 11.6. The maximum absolute atomic E-state index is 13.5. The van der Waals surface area contributed by atoms with Gasteiger partial charge in [0.05, 0.1) is 23.0 Å². The standard InChI is InChI=1S/C36H47BrN9O2P/c1-7-25-18-30(32(48-4)20-31(25)46-12-10-27(11-13-46)45-16-14-44(3)15-17-45)42-36-40-23-28(37)35(43-36)41-29-9-8-26(19-33(29)49(5,6)47)34-38-21-24(2)22-39-34/h8-9,18-23,27H,7,10-17H2,1-6H3,(H2,40,41,42,43). The predicted octanol–water partition coefficient (Wildman–Crippen LogP) is 6.53. The summed E-state index contributed by atoms with van der Waals surface area (Å²) in [7, 11) is 1.22. The Balaban J connectivity index is 1.21. The van der Waals surface area contributed by atoms with Gasteiger partial charge in [-0.1, -0.05) is 6.92 Å². The number of nitrogens with zero attached hydrogens (tertiary/aromatic N) is 7. The fraction of sp³-hybridized carbons (Fsp3) is 0.444. The van der Waals surface area contributed by atoms with Gasteiger partial charge in [0.1, 0.15) is 18.7 Å². The molecule has 0 amide bonds. The summed E-state index contributed by atoms with van der Waals surface area (Å²) in [6.45, 7) is 14.4. The number of hydrogen-bond acceptors (Lipinski definition) is 11. The summed E-state index contributed by atoms with van der Waals surface area (Å²) >= 11 is 3.60. The zero-order valence-corrected chi connectivity index (χ0v) is 31.8. The number of piperazine rings is 1. The number of likely N-dealkylation sites (N-methyl/N-ethyl adjacent to an activating group) is 1. The Bertz CT molecular complexity index is 1820. The molecule has 2 fully saturated rings. The van der Waals surface area contributed by atoms with E-state index >= 15 is 0 Å². The van der Waals surface area contributed by atoms with Crippen LogP contribution in [0.5, 0.6) is 5.75 Å². The second kappa shape index (κ2) is 15.1. The number of benzene rings is 2. The molecule has 2 aromatic heterocycles. The third-order valence-electron chi connectivity index (χ3n) is 9.50. The second-order valence-corrected chi connectivity index (χ2v) is 17.4. The van der Waals surface area contributed by atoms with Crippen LogP contribution >= 0.6 is 23.1 Å². The molecule has 0 radical (unpaired) electrons. The number of halogens is 1. The van der Waals surface area contributed by atoms with E-state index < -0.39 is 7.14 Å². The van der Waals surface area contributed by atoms with Gasteiger partial charge >= 0.3 is 0 Å².